The number of carbonyl (C=O) groups excluding carboxylic acids is 1. The number of carboxylic acids is 1. The van der Waals surface area contributed by atoms with Gasteiger partial charge in [-0.15, -0.1) is 5.01 Å². The average Bonchev–Trinajstić information content (AvgIpc) is 2.45. The van der Waals surface area contributed by atoms with Gasteiger partial charge in [0, 0.05) is 6.92 Å². The van der Waals surface area contributed by atoms with Crippen LogP contribution in [-0.2, 0) is 19.1 Å². The summed E-state index contributed by atoms with van der Waals surface area (Å²) in [6.45, 7) is 3.57. The summed E-state index contributed by atoms with van der Waals surface area (Å²) >= 11 is 0. The Morgan fingerprint density at radius 3 is 2.90 bits per heavy atom. The number of carbonyl (C=O) groups is 2. The van der Waals surface area contributed by atoms with Gasteiger partial charge in [0.25, 0.3) is 6.29 Å². The van der Waals surface area contributed by atoms with Crippen molar-refractivity contribution in [3.63, 3.8) is 0 Å². The minimum atomic E-state index is -1.10. The third-order valence-electron chi connectivity index (χ3n) is 2.78. The molecule has 0 saturated carbocycles. The fraction of sp³-hybridized carbons (Fsp3) is 0.818. The number of hydrazine groups is 1. The van der Waals surface area contributed by atoms with Crippen molar-refractivity contribution in [3.05, 3.63) is 5.21 Å². The van der Waals surface area contributed by atoms with Crippen LogP contribution in [0.25, 0.3) is 0 Å². The Labute approximate surface area is 121 Å². The highest BCUT2D eigenvalue weighted by molar-refractivity contribution is 5.70. The first kappa shape index (κ1) is 16.8. The van der Waals surface area contributed by atoms with E-state index in [2.05, 4.69) is 14.8 Å². The standard InChI is InChI=1S/C11H19N3O7/c1-3-19-11(17)20-8(2)21-12-14(18)13-6-4-5-9(7-13)10(15)16/h8-9H,3-7H2,1-2H3,(H,15,16)/b14-12-. The molecule has 120 valence electrons. The SMILES string of the molecule is CCOC(=O)OC(C)O/N=[N+](\[O-])N1CCCC(C(=O)O)C1. The lowest BCUT2D eigenvalue weighted by molar-refractivity contribution is -0.715. The molecule has 10 heteroatoms. The molecule has 0 aromatic heterocycles. The molecule has 1 aliphatic heterocycles. The first-order valence-electron chi connectivity index (χ1n) is 6.59. The van der Waals surface area contributed by atoms with Gasteiger partial charge in [-0.2, -0.15) is 0 Å². The number of carboxylic acid groups (broad SMARTS) is 1. The molecule has 1 heterocycles. The molecular formula is C11H19N3O7. The van der Waals surface area contributed by atoms with Gasteiger partial charge in [-0.3, -0.25) is 9.63 Å². The Morgan fingerprint density at radius 1 is 1.57 bits per heavy atom. The molecule has 1 fully saturated rings. The van der Waals surface area contributed by atoms with Crippen LogP contribution in [0.15, 0.2) is 5.28 Å². The van der Waals surface area contributed by atoms with Crippen molar-refractivity contribution in [1.82, 2.24) is 5.01 Å². The smallest absolute Gasteiger partial charge is 0.511 e. The lowest BCUT2D eigenvalue weighted by Gasteiger charge is -2.26. The van der Waals surface area contributed by atoms with E-state index in [1.165, 1.54) is 11.9 Å². The first-order chi connectivity index (χ1) is 9.93. The van der Waals surface area contributed by atoms with Crippen LogP contribution >= 0.6 is 0 Å². The van der Waals surface area contributed by atoms with Crippen molar-refractivity contribution >= 4 is 12.1 Å². The van der Waals surface area contributed by atoms with Gasteiger partial charge in [0.1, 0.15) is 0 Å². The van der Waals surface area contributed by atoms with Gasteiger partial charge in [0.05, 0.1) is 30.6 Å². The third kappa shape index (κ3) is 5.71. The minimum absolute atomic E-state index is 0.0544. The van der Waals surface area contributed by atoms with Crippen molar-refractivity contribution < 1.29 is 34.0 Å². The molecule has 21 heavy (non-hydrogen) atoms. The van der Waals surface area contributed by atoms with E-state index >= 15 is 0 Å². The molecule has 0 spiro atoms. The molecule has 0 amide bonds. The Bertz CT molecular complexity index is 401. The van der Waals surface area contributed by atoms with Gasteiger partial charge in [-0.1, -0.05) is 0 Å². The van der Waals surface area contributed by atoms with Crippen LogP contribution in [0.1, 0.15) is 26.7 Å². The summed E-state index contributed by atoms with van der Waals surface area (Å²) in [4.78, 5) is 26.7. The van der Waals surface area contributed by atoms with Crippen LogP contribution in [0.3, 0.4) is 0 Å². The fourth-order valence-electron chi connectivity index (χ4n) is 1.78. The molecule has 2 unspecified atom stereocenters. The quantitative estimate of drug-likeness (QED) is 0.254. The predicted molar refractivity (Wildman–Crippen MR) is 66.6 cm³/mol. The number of hydrogen-bond donors (Lipinski definition) is 1. The normalized spacial score (nSPS) is 20.6. The molecule has 1 N–H and O–H groups in total. The van der Waals surface area contributed by atoms with E-state index in [1.54, 1.807) is 6.92 Å². The van der Waals surface area contributed by atoms with Crippen LogP contribution in [0, 0.1) is 11.1 Å². The van der Waals surface area contributed by atoms with Crippen molar-refractivity contribution in [3.8, 4) is 0 Å². The van der Waals surface area contributed by atoms with Gasteiger partial charge < -0.3 is 19.8 Å². The van der Waals surface area contributed by atoms with E-state index in [4.69, 9.17) is 9.94 Å². The minimum Gasteiger partial charge on any atom is -0.569 e. The molecule has 10 nitrogen and oxygen atoms in total. The van der Waals surface area contributed by atoms with Crippen LogP contribution in [0.4, 0.5) is 4.79 Å². The summed E-state index contributed by atoms with van der Waals surface area (Å²) in [5.74, 6) is -1.56. The average molecular weight is 305 g/mol. The van der Waals surface area contributed by atoms with Crippen LogP contribution < -0.4 is 0 Å². The lowest BCUT2D eigenvalue weighted by atomic mass is 10.00. The number of piperidine rings is 1. The van der Waals surface area contributed by atoms with Gasteiger partial charge in [0.15, 0.2) is 0 Å². The summed E-state index contributed by atoms with van der Waals surface area (Å²) in [6.07, 6.45) is -0.939. The maximum Gasteiger partial charge on any atom is 0.511 e. The topological polar surface area (TPSA) is 124 Å². The second-order valence-corrected chi connectivity index (χ2v) is 4.40. The highest BCUT2D eigenvalue weighted by atomic mass is 16.8. The van der Waals surface area contributed by atoms with E-state index in [0.717, 1.165) is 0 Å². The zero-order chi connectivity index (χ0) is 15.8. The molecule has 1 aliphatic rings. The van der Waals surface area contributed by atoms with Crippen molar-refractivity contribution in [2.45, 2.75) is 33.0 Å². The molecule has 1 rings (SSSR count). The third-order valence-corrected chi connectivity index (χ3v) is 2.78. The van der Waals surface area contributed by atoms with Crippen LogP contribution in [-0.4, -0.2) is 53.2 Å². The number of nitrogens with zero attached hydrogens (tertiary/aromatic N) is 3. The first-order valence-corrected chi connectivity index (χ1v) is 6.59. The Balaban J connectivity index is 2.44. The summed E-state index contributed by atoms with van der Waals surface area (Å²) in [6, 6.07) is 0. The number of hydrogen-bond acceptors (Lipinski definition) is 7. The highest BCUT2D eigenvalue weighted by Gasteiger charge is 2.30. The Kier molecular flexibility index (Phi) is 6.50. The van der Waals surface area contributed by atoms with Gasteiger partial charge in [-0.25, -0.2) is 4.79 Å². The Morgan fingerprint density at radius 2 is 2.29 bits per heavy atom. The second kappa shape index (κ2) is 8.12. The summed E-state index contributed by atoms with van der Waals surface area (Å²) in [5, 5.41) is 25.0. The zero-order valence-corrected chi connectivity index (χ0v) is 11.9. The monoisotopic (exact) mass is 305 g/mol. The summed E-state index contributed by atoms with van der Waals surface area (Å²) in [7, 11) is 0. The van der Waals surface area contributed by atoms with Gasteiger partial charge >= 0.3 is 12.1 Å². The van der Waals surface area contributed by atoms with Gasteiger partial charge in [-0.05, 0) is 19.8 Å². The molecule has 0 aromatic rings. The van der Waals surface area contributed by atoms with Crippen molar-refractivity contribution in [2.75, 3.05) is 19.7 Å². The molecule has 0 radical (unpaired) electrons. The van der Waals surface area contributed by atoms with Gasteiger partial charge in [0.2, 0.25) is 5.28 Å². The van der Waals surface area contributed by atoms with Crippen molar-refractivity contribution in [1.29, 1.82) is 0 Å². The van der Waals surface area contributed by atoms with E-state index in [9.17, 15) is 14.8 Å². The maximum atomic E-state index is 11.7. The predicted octanol–water partition coefficient (Wildman–Crippen LogP) is 1.11. The number of ether oxygens (including phenoxy) is 2. The molecule has 1 saturated heterocycles. The highest BCUT2D eigenvalue weighted by Crippen LogP contribution is 2.16. The van der Waals surface area contributed by atoms with E-state index in [0.29, 0.717) is 19.4 Å². The van der Waals surface area contributed by atoms with E-state index in [1.807, 2.05) is 0 Å². The largest absolute Gasteiger partial charge is 0.569 e. The molecule has 0 bridgehead atoms. The number of aliphatic carboxylic acids is 1. The zero-order valence-electron chi connectivity index (χ0n) is 11.9. The van der Waals surface area contributed by atoms with Crippen LogP contribution in [0.5, 0.6) is 0 Å². The van der Waals surface area contributed by atoms with E-state index < -0.39 is 24.3 Å². The molecule has 0 aromatic carbocycles. The lowest BCUT2D eigenvalue weighted by Crippen LogP contribution is -2.42. The number of rotatable bonds is 6. The van der Waals surface area contributed by atoms with Crippen LogP contribution in [0.2, 0.25) is 0 Å². The second-order valence-electron chi connectivity index (χ2n) is 4.40. The van der Waals surface area contributed by atoms with E-state index in [-0.39, 0.29) is 18.1 Å². The summed E-state index contributed by atoms with van der Waals surface area (Å²) in [5.41, 5.74) is 0. The Hall–Kier alpha value is -2.26. The molecule has 0 aliphatic carbocycles. The molecule has 2 atom stereocenters. The fourth-order valence-corrected chi connectivity index (χ4v) is 1.78. The maximum absolute atomic E-state index is 11.7. The van der Waals surface area contributed by atoms with Crippen molar-refractivity contribution in [2.24, 2.45) is 11.2 Å². The summed E-state index contributed by atoms with van der Waals surface area (Å²) < 4.78 is 9.16. The molecular weight excluding hydrogens is 286 g/mol.